The second-order valence-corrected chi connectivity index (χ2v) is 6.55. The fourth-order valence-corrected chi connectivity index (χ4v) is 2.90. The predicted octanol–water partition coefficient (Wildman–Crippen LogP) is 3.75. The second kappa shape index (κ2) is 7.52. The third-order valence-corrected chi connectivity index (χ3v) is 4.38. The summed E-state index contributed by atoms with van der Waals surface area (Å²) in [4.78, 5) is 21.5. The van der Waals surface area contributed by atoms with Crippen molar-refractivity contribution in [1.29, 1.82) is 0 Å². The molecule has 0 fully saturated rings. The molecular formula is C21H23N3O2. The highest BCUT2D eigenvalue weighted by Gasteiger charge is 2.17. The van der Waals surface area contributed by atoms with Crippen LogP contribution >= 0.6 is 0 Å². The molecule has 0 aliphatic carbocycles. The molecule has 2 aromatic heterocycles. The summed E-state index contributed by atoms with van der Waals surface area (Å²) in [7, 11) is 0. The van der Waals surface area contributed by atoms with E-state index in [1.54, 1.807) is 12.4 Å². The Morgan fingerprint density at radius 1 is 1.23 bits per heavy atom. The molecule has 0 saturated carbocycles. The summed E-state index contributed by atoms with van der Waals surface area (Å²) in [6.07, 6.45) is 3.19. The summed E-state index contributed by atoms with van der Waals surface area (Å²) in [5, 5.41) is 3.87. The molecule has 3 rings (SSSR count). The van der Waals surface area contributed by atoms with Gasteiger partial charge in [0.15, 0.2) is 0 Å². The molecule has 26 heavy (non-hydrogen) atoms. The summed E-state index contributed by atoms with van der Waals surface area (Å²) in [6, 6.07) is 9.65. The van der Waals surface area contributed by atoms with Gasteiger partial charge >= 0.3 is 0 Å². The summed E-state index contributed by atoms with van der Waals surface area (Å²) >= 11 is 0. The molecule has 0 bridgehead atoms. The number of pyridine rings is 2. The molecule has 1 unspecified atom stereocenters. The van der Waals surface area contributed by atoms with E-state index in [-0.39, 0.29) is 12.0 Å². The first kappa shape index (κ1) is 17.9. The number of benzene rings is 1. The fraction of sp³-hybridized carbons (Fsp3) is 0.286. The number of amides is 1. The molecule has 5 heteroatoms. The minimum atomic E-state index is -0.167. The Kier molecular flexibility index (Phi) is 5.16. The van der Waals surface area contributed by atoms with Crippen LogP contribution in [0.15, 0.2) is 42.7 Å². The molecule has 3 aromatic rings. The monoisotopic (exact) mass is 349 g/mol. The van der Waals surface area contributed by atoms with E-state index in [0.717, 1.165) is 27.7 Å². The molecule has 0 radical (unpaired) electrons. The Morgan fingerprint density at radius 2 is 2.04 bits per heavy atom. The SMILES string of the molecule is Cc1ccc2nc(C)c(C)c(C(=O)NCC(C)Oc3cccnc3)c2c1. The van der Waals surface area contributed by atoms with Crippen molar-refractivity contribution in [3.8, 4) is 5.75 Å². The van der Waals surface area contributed by atoms with Gasteiger partial charge in [-0.05, 0) is 57.5 Å². The van der Waals surface area contributed by atoms with Crippen LogP contribution in [0.2, 0.25) is 0 Å². The number of carbonyl (C=O) groups is 1. The maximum absolute atomic E-state index is 12.9. The van der Waals surface area contributed by atoms with Crippen LogP contribution in [-0.4, -0.2) is 28.5 Å². The number of ether oxygens (including phenoxy) is 1. The second-order valence-electron chi connectivity index (χ2n) is 6.55. The number of nitrogens with one attached hydrogen (secondary N) is 1. The molecule has 0 spiro atoms. The first-order valence-corrected chi connectivity index (χ1v) is 8.68. The Labute approximate surface area is 153 Å². The molecule has 2 heterocycles. The number of aromatic nitrogens is 2. The zero-order valence-electron chi connectivity index (χ0n) is 15.5. The Morgan fingerprint density at radius 3 is 2.77 bits per heavy atom. The van der Waals surface area contributed by atoms with Crippen LogP contribution in [0.5, 0.6) is 5.75 Å². The number of aryl methyl sites for hydroxylation is 2. The smallest absolute Gasteiger partial charge is 0.252 e. The number of hydrogen-bond donors (Lipinski definition) is 1. The predicted molar refractivity (Wildman–Crippen MR) is 103 cm³/mol. The number of hydrogen-bond acceptors (Lipinski definition) is 4. The van der Waals surface area contributed by atoms with Crippen LogP contribution < -0.4 is 10.1 Å². The lowest BCUT2D eigenvalue weighted by atomic mass is 9.99. The van der Waals surface area contributed by atoms with Gasteiger partial charge in [-0.3, -0.25) is 14.8 Å². The van der Waals surface area contributed by atoms with E-state index in [2.05, 4.69) is 15.3 Å². The van der Waals surface area contributed by atoms with Gasteiger partial charge in [0.2, 0.25) is 0 Å². The first-order valence-electron chi connectivity index (χ1n) is 8.68. The van der Waals surface area contributed by atoms with E-state index in [9.17, 15) is 4.79 Å². The molecule has 0 saturated heterocycles. The molecule has 0 aliphatic rings. The molecule has 1 amide bonds. The Bertz CT molecular complexity index is 939. The topological polar surface area (TPSA) is 64.1 Å². The van der Waals surface area contributed by atoms with Crippen LogP contribution in [0.3, 0.4) is 0 Å². The largest absolute Gasteiger partial charge is 0.487 e. The standard InChI is InChI=1S/C21H23N3O2/c1-13-7-8-19-18(10-13)20(15(3)16(4)24-19)21(25)23-11-14(2)26-17-6-5-9-22-12-17/h5-10,12,14H,11H2,1-4H3,(H,23,25). The van der Waals surface area contributed by atoms with Crippen LogP contribution in [0.4, 0.5) is 0 Å². The van der Waals surface area contributed by atoms with Crippen LogP contribution in [0, 0.1) is 20.8 Å². The van der Waals surface area contributed by atoms with E-state index in [1.807, 2.05) is 58.0 Å². The summed E-state index contributed by atoms with van der Waals surface area (Å²) in [6.45, 7) is 8.20. The molecule has 1 atom stereocenters. The van der Waals surface area contributed by atoms with Gasteiger partial charge in [-0.15, -0.1) is 0 Å². The van der Waals surface area contributed by atoms with Crippen molar-refractivity contribution in [2.75, 3.05) is 6.54 Å². The number of nitrogens with zero attached hydrogens (tertiary/aromatic N) is 2. The third kappa shape index (κ3) is 3.82. The average molecular weight is 349 g/mol. The maximum atomic E-state index is 12.9. The van der Waals surface area contributed by atoms with Crippen molar-refractivity contribution in [3.63, 3.8) is 0 Å². The van der Waals surface area contributed by atoms with E-state index < -0.39 is 0 Å². The van der Waals surface area contributed by atoms with E-state index in [4.69, 9.17) is 4.74 Å². The lowest BCUT2D eigenvalue weighted by molar-refractivity contribution is 0.0933. The van der Waals surface area contributed by atoms with Gasteiger partial charge < -0.3 is 10.1 Å². The van der Waals surface area contributed by atoms with Crippen molar-refractivity contribution in [2.45, 2.75) is 33.8 Å². The van der Waals surface area contributed by atoms with E-state index in [0.29, 0.717) is 17.9 Å². The van der Waals surface area contributed by atoms with Gasteiger partial charge in [0, 0.05) is 17.3 Å². The molecule has 5 nitrogen and oxygen atoms in total. The van der Waals surface area contributed by atoms with Crippen molar-refractivity contribution in [3.05, 3.63) is 65.1 Å². The van der Waals surface area contributed by atoms with Crippen LogP contribution in [0.1, 0.15) is 34.1 Å². The zero-order chi connectivity index (χ0) is 18.7. The third-order valence-electron chi connectivity index (χ3n) is 4.38. The lowest BCUT2D eigenvalue weighted by Crippen LogP contribution is -2.34. The van der Waals surface area contributed by atoms with Gasteiger partial charge in [-0.1, -0.05) is 11.6 Å². The van der Waals surface area contributed by atoms with Gasteiger partial charge in [-0.25, -0.2) is 0 Å². The summed E-state index contributed by atoms with van der Waals surface area (Å²) in [5.74, 6) is 0.580. The minimum absolute atomic E-state index is 0.106. The van der Waals surface area contributed by atoms with Crippen molar-refractivity contribution >= 4 is 16.8 Å². The zero-order valence-corrected chi connectivity index (χ0v) is 15.5. The van der Waals surface area contributed by atoms with E-state index in [1.165, 1.54) is 0 Å². The fourth-order valence-electron chi connectivity index (χ4n) is 2.90. The Hall–Kier alpha value is -2.95. The van der Waals surface area contributed by atoms with Gasteiger partial charge in [0.25, 0.3) is 5.91 Å². The normalized spacial score (nSPS) is 12.0. The van der Waals surface area contributed by atoms with E-state index >= 15 is 0 Å². The highest BCUT2D eigenvalue weighted by Crippen LogP contribution is 2.24. The first-order chi connectivity index (χ1) is 12.5. The van der Waals surface area contributed by atoms with Gasteiger partial charge in [-0.2, -0.15) is 0 Å². The molecule has 0 aliphatic heterocycles. The van der Waals surface area contributed by atoms with Crippen LogP contribution in [-0.2, 0) is 0 Å². The minimum Gasteiger partial charge on any atom is -0.487 e. The molecule has 1 aromatic carbocycles. The summed E-state index contributed by atoms with van der Waals surface area (Å²) in [5.41, 5.74) is 4.39. The van der Waals surface area contributed by atoms with Gasteiger partial charge in [0.05, 0.1) is 23.8 Å². The highest BCUT2D eigenvalue weighted by atomic mass is 16.5. The number of carbonyl (C=O) groups excluding carboxylic acids is 1. The van der Waals surface area contributed by atoms with Crippen LogP contribution in [0.25, 0.3) is 10.9 Å². The lowest BCUT2D eigenvalue weighted by Gasteiger charge is -2.17. The molecular weight excluding hydrogens is 326 g/mol. The van der Waals surface area contributed by atoms with Crippen molar-refractivity contribution in [1.82, 2.24) is 15.3 Å². The molecule has 134 valence electrons. The highest BCUT2D eigenvalue weighted by molar-refractivity contribution is 6.07. The van der Waals surface area contributed by atoms with Crippen molar-refractivity contribution in [2.24, 2.45) is 0 Å². The number of fused-ring (bicyclic) bond motifs is 1. The summed E-state index contributed by atoms with van der Waals surface area (Å²) < 4.78 is 5.77. The van der Waals surface area contributed by atoms with Crippen molar-refractivity contribution < 1.29 is 9.53 Å². The van der Waals surface area contributed by atoms with Gasteiger partial charge in [0.1, 0.15) is 11.9 Å². The number of rotatable bonds is 5. The quantitative estimate of drug-likeness (QED) is 0.762. The molecule has 1 N–H and O–H groups in total. The maximum Gasteiger partial charge on any atom is 0.252 e. The average Bonchev–Trinajstić information content (AvgIpc) is 2.62. The Balaban J connectivity index is 1.79.